The predicted molar refractivity (Wildman–Crippen MR) is 80.6 cm³/mol. The van der Waals surface area contributed by atoms with Crippen LogP contribution in [0.1, 0.15) is 47.8 Å². The molecule has 0 amide bonds. The standard InChI is InChI=1S/C15H21N3S/c1-4-16-10-13-15(11(2)3)18-14(19-13)9-12-5-7-17-8-6-12/h5-8,11,16H,4,9-10H2,1-3H3. The average molecular weight is 275 g/mol. The predicted octanol–water partition coefficient (Wildman–Crippen LogP) is 3.36. The van der Waals surface area contributed by atoms with Gasteiger partial charge in [-0.3, -0.25) is 4.98 Å². The first kappa shape index (κ1) is 14.2. The van der Waals surface area contributed by atoms with Crippen molar-refractivity contribution >= 4 is 11.3 Å². The lowest BCUT2D eigenvalue weighted by Gasteiger charge is -2.04. The summed E-state index contributed by atoms with van der Waals surface area (Å²) in [6, 6.07) is 4.11. The maximum absolute atomic E-state index is 4.82. The van der Waals surface area contributed by atoms with E-state index in [-0.39, 0.29) is 0 Å². The van der Waals surface area contributed by atoms with Crippen LogP contribution in [0.2, 0.25) is 0 Å². The van der Waals surface area contributed by atoms with Gasteiger partial charge < -0.3 is 5.32 Å². The van der Waals surface area contributed by atoms with Crippen molar-refractivity contribution in [2.75, 3.05) is 6.54 Å². The number of rotatable bonds is 6. The molecule has 1 N–H and O–H groups in total. The van der Waals surface area contributed by atoms with Crippen LogP contribution in [0.5, 0.6) is 0 Å². The summed E-state index contributed by atoms with van der Waals surface area (Å²) in [5.41, 5.74) is 2.52. The number of hydrogen-bond acceptors (Lipinski definition) is 4. The Morgan fingerprint density at radius 1 is 1.26 bits per heavy atom. The molecule has 0 aliphatic heterocycles. The molecule has 4 heteroatoms. The van der Waals surface area contributed by atoms with Crippen molar-refractivity contribution in [1.82, 2.24) is 15.3 Å². The fraction of sp³-hybridized carbons (Fsp3) is 0.467. The molecule has 0 aliphatic carbocycles. The normalized spacial score (nSPS) is 11.2. The van der Waals surface area contributed by atoms with Gasteiger partial charge in [0.1, 0.15) is 0 Å². The van der Waals surface area contributed by atoms with E-state index in [2.05, 4.69) is 43.2 Å². The molecule has 0 aromatic carbocycles. The Hall–Kier alpha value is -1.26. The van der Waals surface area contributed by atoms with E-state index in [9.17, 15) is 0 Å². The second-order valence-electron chi connectivity index (χ2n) is 4.88. The average Bonchev–Trinajstić information content (AvgIpc) is 2.80. The molecule has 2 heterocycles. The van der Waals surface area contributed by atoms with Crippen molar-refractivity contribution in [3.05, 3.63) is 45.7 Å². The Kier molecular flexibility index (Phi) is 5.05. The van der Waals surface area contributed by atoms with Crippen molar-refractivity contribution in [1.29, 1.82) is 0 Å². The zero-order valence-electron chi connectivity index (χ0n) is 11.8. The van der Waals surface area contributed by atoms with E-state index in [1.165, 1.54) is 21.1 Å². The van der Waals surface area contributed by atoms with Crippen molar-refractivity contribution in [3.63, 3.8) is 0 Å². The van der Waals surface area contributed by atoms with Gasteiger partial charge in [0.05, 0.1) is 10.7 Å². The third kappa shape index (κ3) is 3.85. The Bertz CT molecular complexity index is 505. The molecule has 2 rings (SSSR count). The zero-order valence-corrected chi connectivity index (χ0v) is 12.6. The van der Waals surface area contributed by atoms with Crippen molar-refractivity contribution < 1.29 is 0 Å². The van der Waals surface area contributed by atoms with Crippen LogP contribution in [0.25, 0.3) is 0 Å². The van der Waals surface area contributed by atoms with Gasteiger partial charge >= 0.3 is 0 Å². The highest BCUT2D eigenvalue weighted by Crippen LogP contribution is 2.26. The van der Waals surface area contributed by atoms with Crippen LogP contribution in [0, 0.1) is 0 Å². The van der Waals surface area contributed by atoms with Gasteiger partial charge in [0.25, 0.3) is 0 Å². The summed E-state index contributed by atoms with van der Waals surface area (Å²) in [6.07, 6.45) is 4.58. The van der Waals surface area contributed by atoms with Crippen molar-refractivity contribution in [2.24, 2.45) is 0 Å². The topological polar surface area (TPSA) is 37.8 Å². The van der Waals surface area contributed by atoms with Crippen LogP contribution >= 0.6 is 11.3 Å². The SMILES string of the molecule is CCNCc1sc(Cc2ccncc2)nc1C(C)C. The Balaban J connectivity index is 2.17. The number of nitrogens with one attached hydrogen (secondary N) is 1. The number of pyridine rings is 1. The van der Waals surface area contributed by atoms with Gasteiger partial charge in [0.15, 0.2) is 0 Å². The van der Waals surface area contributed by atoms with Crippen molar-refractivity contribution in [2.45, 2.75) is 39.7 Å². The third-order valence-corrected chi connectivity index (χ3v) is 4.03. The molecule has 0 saturated carbocycles. The van der Waals surface area contributed by atoms with Crippen LogP contribution in [-0.2, 0) is 13.0 Å². The molecule has 0 fully saturated rings. The molecule has 3 nitrogen and oxygen atoms in total. The maximum atomic E-state index is 4.82. The molecule has 2 aromatic heterocycles. The molecule has 102 valence electrons. The minimum absolute atomic E-state index is 0.482. The first-order chi connectivity index (χ1) is 9.20. The molecule has 0 radical (unpaired) electrons. The summed E-state index contributed by atoms with van der Waals surface area (Å²) in [5, 5.41) is 4.59. The van der Waals surface area contributed by atoms with Crippen LogP contribution in [0.15, 0.2) is 24.5 Å². The lowest BCUT2D eigenvalue weighted by atomic mass is 10.1. The fourth-order valence-corrected chi connectivity index (χ4v) is 3.21. The van der Waals surface area contributed by atoms with E-state index in [1.54, 1.807) is 0 Å². The van der Waals surface area contributed by atoms with Gasteiger partial charge in [0.2, 0.25) is 0 Å². The second-order valence-corrected chi connectivity index (χ2v) is 6.05. The maximum Gasteiger partial charge on any atom is 0.0975 e. The van der Waals surface area contributed by atoms with Gasteiger partial charge in [-0.25, -0.2) is 4.98 Å². The van der Waals surface area contributed by atoms with Crippen LogP contribution < -0.4 is 5.32 Å². The highest BCUT2D eigenvalue weighted by Gasteiger charge is 2.13. The fourth-order valence-electron chi connectivity index (χ4n) is 1.98. The van der Waals surface area contributed by atoms with Crippen LogP contribution in [0.4, 0.5) is 0 Å². The van der Waals surface area contributed by atoms with E-state index in [0.29, 0.717) is 5.92 Å². The zero-order chi connectivity index (χ0) is 13.7. The molecule has 0 atom stereocenters. The molecule has 0 unspecified atom stereocenters. The monoisotopic (exact) mass is 275 g/mol. The Morgan fingerprint density at radius 3 is 2.63 bits per heavy atom. The molecule has 2 aromatic rings. The summed E-state index contributed by atoms with van der Waals surface area (Å²) >= 11 is 1.83. The number of aromatic nitrogens is 2. The lowest BCUT2D eigenvalue weighted by Crippen LogP contribution is -2.12. The van der Waals surface area contributed by atoms with Gasteiger partial charge in [-0.2, -0.15) is 0 Å². The largest absolute Gasteiger partial charge is 0.312 e. The molecular formula is C15H21N3S. The van der Waals surface area contributed by atoms with Gasteiger partial charge in [0, 0.05) is 30.2 Å². The van der Waals surface area contributed by atoms with E-state index < -0.39 is 0 Å². The third-order valence-electron chi connectivity index (χ3n) is 2.96. The number of hydrogen-bond donors (Lipinski definition) is 1. The summed E-state index contributed by atoms with van der Waals surface area (Å²) in [7, 11) is 0. The molecular weight excluding hydrogens is 254 g/mol. The van der Waals surface area contributed by atoms with Gasteiger partial charge in [-0.1, -0.05) is 20.8 Å². The van der Waals surface area contributed by atoms with E-state index in [1.807, 2.05) is 23.7 Å². The molecule has 0 saturated heterocycles. The Labute approximate surface area is 119 Å². The smallest absolute Gasteiger partial charge is 0.0975 e. The van der Waals surface area contributed by atoms with Gasteiger partial charge in [-0.05, 0) is 30.2 Å². The molecule has 0 aliphatic rings. The molecule has 0 spiro atoms. The van der Waals surface area contributed by atoms with E-state index >= 15 is 0 Å². The summed E-state index contributed by atoms with van der Waals surface area (Å²) in [6.45, 7) is 8.47. The first-order valence-corrected chi connectivity index (χ1v) is 7.60. The highest BCUT2D eigenvalue weighted by molar-refractivity contribution is 7.11. The Morgan fingerprint density at radius 2 is 2.00 bits per heavy atom. The summed E-state index contributed by atoms with van der Waals surface area (Å²) in [4.78, 5) is 10.2. The second kappa shape index (κ2) is 6.78. The number of nitrogens with zero attached hydrogens (tertiary/aromatic N) is 2. The number of thiazole rings is 1. The first-order valence-electron chi connectivity index (χ1n) is 6.78. The van der Waals surface area contributed by atoms with E-state index in [0.717, 1.165) is 19.5 Å². The van der Waals surface area contributed by atoms with Crippen molar-refractivity contribution in [3.8, 4) is 0 Å². The highest BCUT2D eigenvalue weighted by atomic mass is 32.1. The van der Waals surface area contributed by atoms with Crippen LogP contribution in [0.3, 0.4) is 0 Å². The lowest BCUT2D eigenvalue weighted by molar-refractivity contribution is 0.713. The minimum Gasteiger partial charge on any atom is -0.312 e. The molecule has 0 bridgehead atoms. The minimum atomic E-state index is 0.482. The quantitative estimate of drug-likeness (QED) is 0.878. The van der Waals surface area contributed by atoms with E-state index in [4.69, 9.17) is 4.98 Å². The van der Waals surface area contributed by atoms with Gasteiger partial charge in [-0.15, -0.1) is 11.3 Å². The summed E-state index contributed by atoms with van der Waals surface area (Å²) in [5.74, 6) is 0.482. The molecule has 19 heavy (non-hydrogen) atoms. The van der Waals surface area contributed by atoms with Crippen LogP contribution in [-0.4, -0.2) is 16.5 Å². The summed E-state index contributed by atoms with van der Waals surface area (Å²) < 4.78 is 0.